The fraction of sp³-hybridized carbons (Fsp3) is 0.312. The number of hydrogen-bond donors (Lipinski definition) is 0. The number of ether oxygens (including phenoxy) is 1. The van der Waals surface area contributed by atoms with Crippen molar-refractivity contribution in [3.63, 3.8) is 0 Å². The summed E-state index contributed by atoms with van der Waals surface area (Å²) in [7, 11) is 3.65. The van der Waals surface area contributed by atoms with E-state index in [2.05, 4.69) is 31.4 Å². The highest BCUT2D eigenvalue weighted by molar-refractivity contribution is 7.13. The second-order valence-electron chi connectivity index (χ2n) is 5.10. The quantitative estimate of drug-likeness (QED) is 0.667. The fourth-order valence-electron chi connectivity index (χ4n) is 2.31. The summed E-state index contributed by atoms with van der Waals surface area (Å²) in [6.07, 6.45) is 3.42. The van der Waals surface area contributed by atoms with Crippen LogP contribution in [0.1, 0.15) is 5.69 Å². The molecular weight excluding hydrogens is 310 g/mol. The van der Waals surface area contributed by atoms with Gasteiger partial charge in [-0.3, -0.25) is 4.68 Å². The molecule has 3 aromatic rings. The van der Waals surface area contributed by atoms with E-state index in [1.54, 1.807) is 31.0 Å². The number of thiophene rings is 1. The maximum Gasteiger partial charge on any atom is 0.133 e. The van der Waals surface area contributed by atoms with Crippen LogP contribution in [-0.4, -0.2) is 40.0 Å². The first kappa shape index (κ1) is 15.6. The van der Waals surface area contributed by atoms with Crippen LogP contribution in [0, 0.1) is 0 Å². The Morgan fingerprint density at radius 3 is 2.91 bits per heavy atom. The van der Waals surface area contributed by atoms with Gasteiger partial charge in [-0.2, -0.15) is 5.10 Å². The van der Waals surface area contributed by atoms with Gasteiger partial charge in [-0.25, -0.2) is 9.97 Å². The Morgan fingerprint density at radius 2 is 2.22 bits per heavy atom. The van der Waals surface area contributed by atoms with Crippen molar-refractivity contribution in [3.8, 4) is 10.6 Å². The van der Waals surface area contributed by atoms with E-state index in [9.17, 15) is 0 Å². The lowest BCUT2D eigenvalue weighted by molar-refractivity contribution is 0.204. The van der Waals surface area contributed by atoms with E-state index in [1.165, 1.54) is 0 Å². The van der Waals surface area contributed by atoms with Crippen molar-refractivity contribution in [2.24, 2.45) is 7.05 Å². The zero-order chi connectivity index (χ0) is 16.1. The van der Waals surface area contributed by atoms with Gasteiger partial charge < -0.3 is 9.64 Å². The van der Waals surface area contributed by atoms with Crippen molar-refractivity contribution in [2.45, 2.75) is 6.54 Å². The lowest BCUT2D eigenvalue weighted by Gasteiger charge is -2.23. The maximum atomic E-state index is 5.24. The molecule has 0 aliphatic rings. The molecule has 0 fully saturated rings. The average molecular weight is 329 g/mol. The van der Waals surface area contributed by atoms with Crippen molar-refractivity contribution in [1.29, 1.82) is 0 Å². The average Bonchev–Trinajstić information content (AvgIpc) is 3.24. The van der Waals surface area contributed by atoms with Crippen LogP contribution in [-0.2, 0) is 18.3 Å². The predicted molar refractivity (Wildman–Crippen MR) is 91.5 cm³/mol. The third kappa shape index (κ3) is 3.75. The first-order valence-corrected chi connectivity index (χ1v) is 8.22. The molecule has 0 amide bonds. The molecule has 0 saturated heterocycles. The van der Waals surface area contributed by atoms with Gasteiger partial charge in [0.05, 0.1) is 29.4 Å². The molecule has 3 aromatic heterocycles. The van der Waals surface area contributed by atoms with Crippen molar-refractivity contribution >= 4 is 17.2 Å². The highest BCUT2D eigenvalue weighted by Crippen LogP contribution is 2.25. The van der Waals surface area contributed by atoms with Crippen LogP contribution in [0.2, 0.25) is 0 Å². The fourth-order valence-corrected chi connectivity index (χ4v) is 3.00. The zero-order valence-corrected chi connectivity index (χ0v) is 14.0. The molecule has 0 saturated carbocycles. The molecule has 7 heteroatoms. The Balaban J connectivity index is 1.87. The number of hydrogen-bond acceptors (Lipinski definition) is 6. The summed E-state index contributed by atoms with van der Waals surface area (Å²) in [5.41, 5.74) is 2.06. The highest BCUT2D eigenvalue weighted by Gasteiger charge is 2.13. The minimum atomic E-state index is 0.635. The monoisotopic (exact) mass is 329 g/mol. The molecule has 0 atom stereocenters. The van der Waals surface area contributed by atoms with Gasteiger partial charge in [0.2, 0.25) is 0 Å². The molecule has 0 spiro atoms. The van der Waals surface area contributed by atoms with Gasteiger partial charge in [-0.05, 0) is 17.5 Å². The molecule has 3 rings (SSSR count). The molecule has 0 N–H and O–H groups in total. The van der Waals surface area contributed by atoms with Crippen LogP contribution in [0.5, 0.6) is 0 Å². The van der Waals surface area contributed by atoms with Crippen molar-refractivity contribution < 1.29 is 4.74 Å². The summed E-state index contributed by atoms with van der Waals surface area (Å²) in [6, 6.07) is 8.14. The minimum absolute atomic E-state index is 0.635. The summed E-state index contributed by atoms with van der Waals surface area (Å²) in [5.74, 6) is 0.890. The van der Waals surface area contributed by atoms with Gasteiger partial charge in [0.15, 0.2) is 0 Å². The SMILES string of the molecule is COCCN(Cc1ccnn1C)c1cc(-c2cccs2)ncn1. The molecule has 3 heterocycles. The van der Waals surface area contributed by atoms with Gasteiger partial charge in [0, 0.05) is 33.0 Å². The Labute approximate surface area is 139 Å². The van der Waals surface area contributed by atoms with Gasteiger partial charge >= 0.3 is 0 Å². The van der Waals surface area contributed by atoms with E-state index >= 15 is 0 Å². The first-order valence-electron chi connectivity index (χ1n) is 7.34. The number of aromatic nitrogens is 4. The van der Waals surface area contributed by atoms with Gasteiger partial charge in [-0.1, -0.05) is 6.07 Å². The van der Waals surface area contributed by atoms with E-state index in [0.29, 0.717) is 6.61 Å². The summed E-state index contributed by atoms with van der Waals surface area (Å²) >= 11 is 1.67. The molecule has 0 aliphatic carbocycles. The van der Waals surface area contributed by atoms with Crippen LogP contribution in [0.15, 0.2) is 42.2 Å². The van der Waals surface area contributed by atoms with Crippen molar-refractivity contribution in [3.05, 3.63) is 47.9 Å². The lowest BCUT2D eigenvalue weighted by atomic mass is 10.3. The number of aryl methyl sites for hydroxylation is 1. The van der Waals surface area contributed by atoms with E-state index in [0.717, 1.165) is 35.2 Å². The third-order valence-corrected chi connectivity index (χ3v) is 4.48. The smallest absolute Gasteiger partial charge is 0.133 e. The minimum Gasteiger partial charge on any atom is -0.383 e. The standard InChI is InChI=1S/C16H19N5OS/c1-20-13(5-6-19-20)11-21(7-8-22-2)16-10-14(17-12-18-16)15-4-3-9-23-15/h3-6,9-10,12H,7-8,11H2,1-2H3. The van der Waals surface area contributed by atoms with E-state index in [4.69, 9.17) is 4.74 Å². The molecule has 0 radical (unpaired) electrons. The molecule has 120 valence electrons. The molecule has 0 unspecified atom stereocenters. The van der Waals surface area contributed by atoms with Crippen LogP contribution in [0.4, 0.5) is 5.82 Å². The largest absolute Gasteiger partial charge is 0.383 e. The second-order valence-corrected chi connectivity index (χ2v) is 6.05. The third-order valence-electron chi connectivity index (χ3n) is 3.59. The summed E-state index contributed by atoms with van der Waals surface area (Å²) in [6.45, 7) is 2.11. The number of nitrogens with zero attached hydrogens (tertiary/aromatic N) is 5. The van der Waals surface area contributed by atoms with E-state index < -0.39 is 0 Å². The topological polar surface area (TPSA) is 56.1 Å². The Hall–Kier alpha value is -2.25. The second kappa shape index (κ2) is 7.34. The first-order chi connectivity index (χ1) is 11.3. The molecule has 0 aromatic carbocycles. The lowest BCUT2D eigenvalue weighted by Crippen LogP contribution is -2.28. The Kier molecular flexibility index (Phi) is 4.99. The Bertz CT molecular complexity index is 741. The van der Waals surface area contributed by atoms with E-state index in [-0.39, 0.29) is 0 Å². The van der Waals surface area contributed by atoms with Crippen LogP contribution >= 0.6 is 11.3 Å². The van der Waals surface area contributed by atoms with Gasteiger partial charge in [0.25, 0.3) is 0 Å². The number of methoxy groups -OCH3 is 1. The van der Waals surface area contributed by atoms with Crippen molar-refractivity contribution in [2.75, 3.05) is 25.2 Å². The number of rotatable bonds is 7. The molecule has 0 aliphatic heterocycles. The van der Waals surface area contributed by atoms with Gasteiger partial charge in [-0.15, -0.1) is 11.3 Å². The predicted octanol–water partition coefficient (Wildman–Crippen LogP) is 2.59. The van der Waals surface area contributed by atoms with Crippen LogP contribution < -0.4 is 4.90 Å². The summed E-state index contributed by atoms with van der Waals surface area (Å²) in [5, 5.41) is 6.28. The van der Waals surface area contributed by atoms with Crippen LogP contribution in [0.3, 0.4) is 0 Å². The molecule has 6 nitrogen and oxygen atoms in total. The molecule has 0 bridgehead atoms. The van der Waals surface area contributed by atoms with Gasteiger partial charge in [0.1, 0.15) is 12.1 Å². The zero-order valence-electron chi connectivity index (χ0n) is 13.2. The summed E-state index contributed by atoms with van der Waals surface area (Å²) in [4.78, 5) is 12.1. The maximum absolute atomic E-state index is 5.24. The van der Waals surface area contributed by atoms with Crippen LogP contribution in [0.25, 0.3) is 10.6 Å². The Morgan fingerprint density at radius 1 is 1.30 bits per heavy atom. The van der Waals surface area contributed by atoms with E-state index in [1.807, 2.05) is 29.9 Å². The highest BCUT2D eigenvalue weighted by atomic mass is 32.1. The van der Waals surface area contributed by atoms with Crippen molar-refractivity contribution in [1.82, 2.24) is 19.7 Å². The molecular formula is C16H19N5OS. The summed E-state index contributed by atoms with van der Waals surface area (Å²) < 4.78 is 7.12. The normalized spacial score (nSPS) is 10.9. The number of anilines is 1. The molecule has 23 heavy (non-hydrogen) atoms.